The largest absolute Gasteiger partial charge is 0.343 e. The molecule has 5 nitrogen and oxygen atoms in total. The van der Waals surface area contributed by atoms with Crippen LogP contribution in [0.1, 0.15) is 15.9 Å². The topological polar surface area (TPSA) is 62.3 Å². The molecular weight excluding hydrogens is 273 g/mol. The number of anilines is 1. The summed E-state index contributed by atoms with van der Waals surface area (Å²) in [6, 6.07) is 8.16. The number of hydrogen-bond donors (Lipinski definition) is 1. The molecule has 1 N–H and O–H groups in total. The van der Waals surface area contributed by atoms with Gasteiger partial charge in [-0.1, -0.05) is 12.1 Å². The van der Waals surface area contributed by atoms with Gasteiger partial charge in [-0.25, -0.2) is 4.39 Å². The minimum atomic E-state index is -0.461. The van der Waals surface area contributed by atoms with Crippen molar-refractivity contribution in [1.82, 2.24) is 10.3 Å². The molecule has 2 aromatic rings. The van der Waals surface area contributed by atoms with Crippen molar-refractivity contribution in [2.45, 2.75) is 6.54 Å². The molecule has 21 heavy (non-hydrogen) atoms. The van der Waals surface area contributed by atoms with Crippen LogP contribution in [0.4, 0.5) is 10.1 Å². The van der Waals surface area contributed by atoms with Gasteiger partial charge < -0.3 is 10.2 Å². The Balaban J connectivity index is 2.01. The molecule has 3 rings (SSSR count). The second kappa shape index (κ2) is 5.32. The van der Waals surface area contributed by atoms with E-state index in [4.69, 9.17) is 0 Å². The molecule has 0 saturated carbocycles. The molecule has 6 heteroatoms. The van der Waals surface area contributed by atoms with Crippen LogP contribution >= 0.6 is 0 Å². The maximum Gasteiger partial charge on any atom is 0.253 e. The molecule has 2 heterocycles. The Kier molecular flexibility index (Phi) is 3.35. The molecule has 1 aliphatic heterocycles. The van der Waals surface area contributed by atoms with Crippen LogP contribution in [-0.2, 0) is 11.3 Å². The number of aromatic nitrogens is 1. The van der Waals surface area contributed by atoms with Crippen LogP contribution < -0.4 is 10.2 Å². The third kappa shape index (κ3) is 2.60. The Hall–Kier alpha value is -2.76. The standard InChI is InChI=1S/C15H12FN3O2/c16-11-5-10(6-17-7-11)9-19-13-4-2-1-3-12(13)15(21)18-8-14(19)20/h1-7H,8-9H2,(H,18,21). The summed E-state index contributed by atoms with van der Waals surface area (Å²) in [6.45, 7) is 0.0752. The highest BCUT2D eigenvalue weighted by atomic mass is 19.1. The molecule has 0 spiro atoms. The predicted octanol–water partition coefficient (Wildman–Crippen LogP) is 1.50. The van der Waals surface area contributed by atoms with Gasteiger partial charge in [0.2, 0.25) is 5.91 Å². The van der Waals surface area contributed by atoms with Crippen molar-refractivity contribution in [3.05, 3.63) is 59.7 Å². The van der Waals surface area contributed by atoms with Crippen molar-refractivity contribution in [3.63, 3.8) is 0 Å². The van der Waals surface area contributed by atoms with Gasteiger partial charge in [0.05, 0.1) is 30.5 Å². The van der Waals surface area contributed by atoms with Gasteiger partial charge in [-0.3, -0.25) is 14.6 Å². The van der Waals surface area contributed by atoms with Crippen LogP contribution in [0.5, 0.6) is 0 Å². The second-order valence-electron chi connectivity index (χ2n) is 4.69. The number of pyridine rings is 1. The van der Waals surface area contributed by atoms with E-state index in [0.717, 1.165) is 6.20 Å². The van der Waals surface area contributed by atoms with Gasteiger partial charge in [-0.15, -0.1) is 0 Å². The van der Waals surface area contributed by atoms with Gasteiger partial charge in [0.1, 0.15) is 5.82 Å². The highest BCUT2D eigenvalue weighted by molar-refractivity contribution is 6.09. The zero-order valence-corrected chi connectivity index (χ0v) is 11.0. The third-order valence-corrected chi connectivity index (χ3v) is 3.24. The number of nitrogens with zero attached hydrogens (tertiary/aromatic N) is 2. The molecule has 0 aliphatic carbocycles. The van der Waals surface area contributed by atoms with Crippen LogP contribution in [0.3, 0.4) is 0 Å². The molecule has 0 unspecified atom stereocenters. The number of carbonyl (C=O) groups is 2. The summed E-state index contributed by atoms with van der Waals surface area (Å²) < 4.78 is 13.2. The highest BCUT2D eigenvalue weighted by Gasteiger charge is 2.26. The number of fused-ring (bicyclic) bond motifs is 1. The van der Waals surface area contributed by atoms with E-state index < -0.39 is 5.82 Å². The molecule has 0 fully saturated rings. The van der Waals surface area contributed by atoms with Crippen molar-refractivity contribution in [1.29, 1.82) is 0 Å². The van der Waals surface area contributed by atoms with E-state index in [0.29, 0.717) is 16.8 Å². The molecule has 0 atom stereocenters. The molecule has 1 aromatic carbocycles. The molecular formula is C15H12FN3O2. The minimum Gasteiger partial charge on any atom is -0.343 e. The molecule has 2 amide bonds. The Bertz CT molecular complexity index is 718. The number of para-hydroxylation sites is 1. The van der Waals surface area contributed by atoms with Crippen molar-refractivity contribution in [3.8, 4) is 0 Å². The molecule has 0 bridgehead atoms. The van der Waals surface area contributed by atoms with E-state index in [1.807, 2.05) is 0 Å². The van der Waals surface area contributed by atoms with Gasteiger partial charge in [-0.2, -0.15) is 0 Å². The lowest BCUT2D eigenvalue weighted by molar-refractivity contribution is -0.117. The van der Waals surface area contributed by atoms with Crippen molar-refractivity contribution in [2.24, 2.45) is 0 Å². The Morgan fingerprint density at radius 3 is 2.86 bits per heavy atom. The van der Waals surface area contributed by atoms with E-state index >= 15 is 0 Å². The Labute approximate surface area is 120 Å². The van der Waals surface area contributed by atoms with E-state index in [2.05, 4.69) is 10.3 Å². The monoisotopic (exact) mass is 285 g/mol. The summed E-state index contributed by atoms with van der Waals surface area (Å²) >= 11 is 0. The lowest BCUT2D eigenvalue weighted by Crippen LogP contribution is -2.36. The summed E-state index contributed by atoms with van der Waals surface area (Å²) in [5.74, 6) is -1.01. The van der Waals surface area contributed by atoms with E-state index in [1.54, 1.807) is 24.3 Å². The Morgan fingerprint density at radius 2 is 2.05 bits per heavy atom. The average Bonchev–Trinajstić information content (AvgIpc) is 2.60. The number of amides is 2. The van der Waals surface area contributed by atoms with E-state index in [-0.39, 0.29) is 24.9 Å². The van der Waals surface area contributed by atoms with Gasteiger partial charge in [0, 0.05) is 6.20 Å². The van der Waals surface area contributed by atoms with Crippen molar-refractivity contribution < 1.29 is 14.0 Å². The SMILES string of the molecule is O=C1NCC(=O)N(Cc2cncc(F)c2)c2ccccc21. The first-order chi connectivity index (χ1) is 10.1. The average molecular weight is 285 g/mol. The quantitative estimate of drug-likeness (QED) is 0.909. The summed E-state index contributed by atoms with van der Waals surface area (Å²) in [5.41, 5.74) is 1.50. The molecule has 1 aromatic heterocycles. The number of nitrogens with one attached hydrogen (secondary N) is 1. The summed E-state index contributed by atoms with van der Waals surface area (Å²) in [5, 5.41) is 2.56. The number of benzene rings is 1. The van der Waals surface area contributed by atoms with Gasteiger partial charge in [0.15, 0.2) is 0 Å². The highest BCUT2D eigenvalue weighted by Crippen LogP contribution is 2.24. The van der Waals surface area contributed by atoms with Crippen LogP contribution in [0, 0.1) is 5.82 Å². The fourth-order valence-corrected chi connectivity index (χ4v) is 2.28. The van der Waals surface area contributed by atoms with Gasteiger partial charge in [-0.05, 0) is 23.8 Å². The van der Waals surface area contributed by atoms with Crippen LogP contribution in [0.2, 0.25) is 0 Å². The second-order valence-corrected chi connectivity index (χ2v) is 4.69. The predicted molar refractivity (Wildman–Crippen MR) is 74.2 cm³/mol. The zero-order valence-electron chi connectivity index (χ0n) is 11.0. The molecule has 0 radical (unpaired) electrons. The smallest absolute Gasteiger partial charge is 0.253 e. The fraction of sp³-hybridized carbons (Fsp3) is 0.133. The maximum absolute atomic E-state index is 13.2. The number of hydrogen-bond acceptors (Lipinski definition) is 3. The zero-order chi connectivity index (χ0) is 14.8. The molecule has 0 saturated heterocycles. The first-order valence-electron chi connectivity index (χ1n) is 6.42. The summed E-state index contributed by atoms with van der Waals surface area (Å²) in [6.07, 6.45) is 2.60. The van der Waals surface area contributed by atoms with E-state index in [1.165, 1.54) is 17.2 Å². The third-order valence-electron chi connectivity index (χ3n) is 3.24. The van der Waals surface area contributed by atoms with Crippen LogP contribution in [0.25, 0.3) is 0 Å². The summed E-state index contributed by atoms with van der Waals surface area (Å²) in [7, 11) is 0. The first-order valence-corrected chi connectivity index (χ1v) is 6.42. The van der Waals surface area contributed by atoms with Crippen molar-refractivity contribution in [2.75, 3.05) is 11.4 Å². The number of rotatable bonds is 2. The molecule has 1 aliphatic rings. The Morgan fingerprint density at radius 1 is 1.24 bits per heavy atom. The fourth-order valence-electron chi connectivity index (χ4n) is 2.28. The maximum atomic E-state index is 13.2. The lowest BCUT2D eigenvalue weighted by atomic mass is 10.1. The van der Waals surface area contributed by atoms with E-state index in [9.17, 15) is 14.0 Å². The molecule has 106 valence electrons. The first kappa shape index (κ1) is 13.2. The van der Waals surface area contributed by atoms with Crippen LogP contribution in [0.15, 0.2) is 42.7 Å². The summed E-state index contributed by atoms with van der Waals surface area (Å²) in [4.78, 5) is 29.4. The van der Waals surface area contributed by atoms with Crippen molar-refractivity contribution >= 4 is 17.5 Å². The number of halogens is 1. The minimum absolute atomic E-state index is 0.0870. The lowest BCUT2D eigenvalue weighted by Gasteiger charge is -2.22. The normalized spacial score (nSPS) is 14.4. The van der Waals surface area contributed by atoms with Gasteiger partial charge in [0.25, 0.3) is 5.91 Å². The van der Waals surface area contributed by atoms with Crippen LogP contribution in [-0.4, -0.2) is 23.3 Å². The van der Waals surface area contributed by atoms with Gasteiger partial charge >= 0.3 is 0 Å². The number of carbonyl (C=O) groups excluding carboxylic acids is 2.